The minimum Gasteiger partial charge on any atom is -0.338 e. The maximum absolute atomic E-state index is 12.7. The Kier molecular flexibility index (Phi) is 6.12. The highest BCUT2D eigenvalue weighted by molar-refractivity contribution is 5.83. The molecule has 0 saturated carbocycles. The fraction of sp³-hybridized carbons (Fsp3) is 0.526. The number of aromatic nitrogens is 2. The molecule has 1 amide bonds. The fourth-order valence-electron chi connectivity index (χ4n) is 2.87. The Morgan fingerprint density at radius 1 is 1.25 bits per heavy atom. The molecular formula is C19H27N3O2. The summed E-state index contributed by atoms with van der Waals surface area (Å²) in [5, 5.41) is 5.80. The third-order valence-corrected chi connectivity index (χ3v) is 4.53. The topological polar surface area (TPSA) is 55.2 Å². The number of amides is 1. The van der Waals surface area contributed by atoms with Crippen LogP contribution in [0.1, 0.15) is 45.7 Å². The third kappa shape index (κ3) is 3.83. The standard InChI is InChI=1S/C19H27N3O2/c1-5-7-12-21(14(3)6-2)18(23)13-22-19(24)17-11-9-8-10-16(17)15(4)20-22/h8-11,14H,5-7,12-13H2,1-4H3/t14-/m1/s1. The van der Waals surface area contributed by atoms with Gasteiger partial charge in [-0.2, -0.15) is 5.10 Å². The van der Waals surface area contributed by atoms with E-state index in [0.717, 1.165) is 36.9 Å². The smallest absolute Gasteiger partial charge is 0.275 e. The summed E-state index contributed by atoms with van der Waals surface area (Å²) >= 11 is 0. The predicted octanol–water partition coefficient (Wildman–Crippen LogP) is 3.13. The van der Waals surface area contributed by atoms with Gasteiger partial charge in [-0.05, 0) is 32.8 Å². The van der Waals surface area contributed by atoms with Crippen molar-refractivity contribution in [3.05, 3.63) is 40.3 Å². The van der Waals surface area contributed by atoms with Gasteiger partial charge in [-0.3, -0.25) is 9.59 Å². The van der Waals surface area contributed by atoms with E-state index in [-0.39, 0.29) is 24.1 Å². The van der Waals surface area contributed by atoms with E-state index in [4.69, 9.17) is 0 Å². The van der Waals surface area contributed by atoms with Gasteiger partial charge in [0.15, 0.2) is 0 Å². The second-order valence-electron chi connectivity index (χ2n) is 6.29. The van der Waals surface area contributed by atoms with Gasteiger partial charge in [0.05, 0.1) is 11.1 Å². The quantitative estimate of drug-likeness (QED) is 0.784. The Bertz CT molecular complexity index is 767. The molecule has 1 aromatic carbocycles. The number of carbonyl (C=O) groups excluding carboxylic acids is 1. The molecule has 2 rings (SSSR count). The van der Waals surface area contributed by atoms with Crippen LogP contribution < -0.4 is 5.56 Å². The van der Waals surface area contributed by atoms with Gasteiger partial charge in [0.25, 0.3) is 5.56 Å². The van der Waals surface area contributed by atoms with E-state index in [0.29, 0.717) is 5.39 Å². The fourth-order valence-corrected chi connectivity index (χ4v) is 2.87. The molecule has 5 heteroatoms. The van der Waals surface area contributed by atoms with E-state index in [2.05, 4.69) is 25.9 Å². The number of hydrogen-bond donors (Lipinski definition) is 0. The predicted molar refractivity (Wildman–Crippen MR) is 97.1 cm³/mol. The van der Waals surface area contributed by atoms with Gasteiger partial charge in [0, 0.05) is 18.0 Å². The van der Waals surface area contributed by atoms with Crippen molar-refractivity contribution in [1.82, 2.24) is 14.7 Å². The highest BCUT2D eigenvalue weighted by Crippen LogP contribution is 2.12. The van der Waals surface area contributed by atoms with Gasteiger partial charge in [-0.1, -0.05) is 38.5 Å². The molecule has 130 valence electrons. The molecule has 1 aromatic heterocycles. The van der Waals surface area contributed by atoms with Crippen molar-refractivity contribution < 1.29 is 4.79 Å². The Morgan fingerprint density at radius 2 is 1.92 bits per heavy atom. The van der Waals surface area contributed by atoms with E-state index in [9.17, 15) is 9.59 Å². The Balaban J connectivity index is 2.32. The summed E-state index contributed by atoms with van der Waals surface area (Å²) in [6.07, 6.45) is 2.90. The summed E-state index contributed by atoms with van der Waals surface area (Å²) in [6.45, 7) is 8.82. The summed E-state index contributed by atoms with van der Waals surface area (Å²) in [5.74, 6) is -0.0397. The first kappa shape index (κ1) is 18.2. The Labute approximate surface area is 143 Å². The summed E-state index contributed by atoms with van der Waals surface area (Å²) in [5.41, 5.74) is 0.561. The van der Waals surface area contributed by atoms with Crippen LogP contribution in [0.15, 0.2) is 29.1 Å². The van der Waals surface area contributed by atoms with Crippen molar-refractivity contribution in [2.75, 3.05) is 6.54 Å². The normalized spacial score (nSPS) is 12.3. The zero-order valence-corrected chi connectivity index (χ0v) is 15.1. The van der Waals surface area contributed by atoms with Crippen molar-refractivity contribution in [3.8, 4) is 0 Å². The number of aryl methyl sites for hydroxylation is 1. The van der Waals surface area contributed by atoms with E-state index < -0.39 is 0 Å². The number of hydrogen-bond acceptors (Lipinski definition) is 3. The third-order valence-electron chi connectivity index (χ3n) is 4.53. The zero-order chi connectivity index (χ0) is 17.7. The summed E-state index contributed by atoms with van der Waals surface area (Å²) in [7, 11) is 0. The lowest BCUT2D eigenvalue weighted by molar-refractivity contribution is -0.134. The molecule has 0 spiro atoms. The molecule has 0 fully saturated rings. The molecule has 2 aromatic rings. The van der Waals surface area contributed by atoms with Crippen LogP contribution in [-0.4, -0.2) is 33.2 Å². The zero-order valence-electron chi connectivity index (χ0n) is 15.1. The lowest BCUT2D eigenvalue weighted by Crippen LogP contribution is -2.42. The van der Waals surface area contributed by atoms with E-state index in [1.165, 1.54) is 4.68 Å². The van der Waals surface area contributed by atoms with E-state index in [1.54, 1.807) is 6.07 Å². The molecule has 1 atom stereocenters. The van der Waals surface area contributed by atoms with Gasteiger partial charge in [0.1, 0.15) is 6.54 Å². The molecule has 5 nitrogen and oxygen atoms in total. The molecule has 0 unspecified atom stereocenters. The first-order valence-electron chi connectivity index (χ1n) is 8.75. The number of fused-ring (bicyclic) bond motifs is 1. The van der Waals surface area contributed by atoms with Gasteiger partial charge >= 0.3 is 0 Å². The number of nitrogens with zero attached hydrogens (tertiary/aromatic N) is 3. The molecule has 1 heterocycles. The number of carbonyl (C=O) groups is 1. The van der Waals surface area contributed by atoms with E-state index >= 15 is 0 Å². The largest absolute Gasteiger partial charge is 0.338 e. The average Bonchev–Trinajstić information content (AvgIpc) is 2.59. The van der Waals surface area contributed by atoms with Crippen molar-refractivity contribution in [3.63, 3.8) is 0 Å². The average molecular weight is 329 g/mol. The second kappa shape index (κ2) is 8.08. The Hall–Kier alpha value is -2.17. The lowest BCUT2D eigenvalue weighted by atomic mass is 10.1. The van der Waals surface area contributed by atoms with E-state index in [1.807, 2.05) is 30.0 Å². The monoisotopic (exact) mass is 329 g/mol. The van der Waals surface area contributed by atoms with Crippen molar-refractivity contribution in [2.24, 2.45) is 0 Å². The van der Waals surface area contributed by atoms with Crippen LogP contribution in [-0.2, 0) is 11.3 Å². The minimum absolute atomic E-state index is 0.00143. The maximum Gasteiger partial charge on any atom is 0.275 e. The highest BCUT2D eigenvalue weighted by Gasteiger charge is 2.20. The summed E-state index contributed by atoms with van der Waals surface area (Å²) in [4.78, 5) is 27.2. The van der Waals surface area contributed by atoms with Crippen LogP contribution in [0.4, 0.5) is 0 Å². The van der Waals surface area contributed by atoms with Gasteiger partial charge in [0.2, 0.25) is 5.91 Å². The van der Waals surface area contributed by atoms with Crippen molar-refractivity contribution >= 4 is 16.7 Å². The summed E-state index contributed by atoms with van der Waals surface area (Å²) in [6, 6.07) is 7.57. The van der Waals surface area contributed by atoms with Crippen LogP contribution in [0.5, 0.6) is 0 Å². The van der Waals surface area contributed by atoms with Gasteiger partial charge < -0.3 is 4.90 Å². The summed E-state index contributed by atoms with van der Waals surface area (Å²) < 4.78 is 1.31. The second-order valence-corrected chi connectivity index (χ2v) is 6.29. The molecule has 0 saturated heterocycles. The number of rotatable bonds is 7. The molecule has 0 aliphatic rings. The molecule has 0 aliphatic carbocycles. The van der Waals surface area contributed by atoms with Crippen LogP contribution in [0.3, 0.4) is 0 Å². The minimum atomic E-state index is -0.204. The van der Waals surface area contributed by atoms with Crippen LogP contribution in [0.25, 0.3) is 10.8 Å². The van der Waals surface area contributed by atoms with Crippen LogP contribution in [0, 0.1) is 6.92 Å². The number of unbranched alkanes of at least 4 members (excludes halogenated alkanes) is 1. The SMILES string of the molecule is CCCCN(C(=O)Cn1nc(C)c2ccccc2c1=O)[C@H](C)CC. The highest BCUT2D eigenvalue weighted by atomic mass is 16.2. The first-order chi connectivity index (χ1) is 11.5. The molecular weight excluding hydrogens is 302 g/mol. The Morgan fingerprint density at radius 3 is 2.54 bits per heavy atom. The number of benzene rings is 1. The molecule has 0 aliphatic heterocycles. The molecule has 0 radical (unpaired) electrons. The first-order valence-corrected chi connectivity index (χ1v) is 8.75. The van der Waals surface area contributed by atoms with Crippen LogP contribution >= 0.6 is 0 Å². The van der Waals surface area contributed by atoms with Gasteiger partial charge in [-0.15, -0.1) is 0 Å². The lowest BCUT2D eigenvalue weighted by Gasteiger charge is -2.28. The van der Waals surface area contributed by atoms with Crippen molar-refractivity contribution in [1.29, 1.82) is 0 Å². The maximum atomic E-state index is 12.7. The molecule has 0 bridgehead atoms. The molecule has 0 N–H and O–H groups in total. The van der Waals surface area contributed by atoms with Crippen LogP contribution in [0.2, 0.25) is 0 Å². The van der Waals surface area contributed by atoms with Gasteiger partial charge in [-0.25, -0.2) is 4.68 Å². The van der Waals surface area contributed by atoms with Crippen molar-refractivity contribution in [2.45, 2.75) is 59.5 Å². The molecule has 24 heavy (non-hydrogen) atoms.